The van der Waals surface area contributed by atoms with Crippen LogP contribution in [-0.4, -0.2) is 41.8 Å². The van der Waals surface area contributed by atoms with Crippen molar-refractivity contribution in [1.29, 1.82) is 0 Å². The van der Waals surface area contributed by atoms with Crippen LogP contribution in [0.5, 0.6) is 5.75 Å². The Hall–Kier alpha value is -3.04. The van der Waals surface area contributed by atoms with Gasteiger partial charge in [-0.25, -0.2) is 0 Å². The molecule has 1 aromatic carbocycles. The number of aromatic nitrogens is 2. The highest BCUT2D eigenvalue weighted by Crippen LogP contribution is 2.28. The van der Waals surface area contributed by atoms with Crippen LogP contribution in [0.1, 0.15) is 12.1 Å². The zero-order chi connectivity index (χ0) is 20.3. The summed E-state index contributed by atoms with van der Waals surface area (Å²) in [6.45, 7) is 0.446. The molecule has 1 aromatic heterocycles. The van der Waals surface area contributed by atoms with E-state index in [-0.39, 0.29) is 37.9 Å². The van der Waals surface area contributed by atoms with E-state index in [1.54, 1.807) is 24.3 Å². The van der Waals surface area contributed by atoms with Gasteiger partial charge in [-0.05, 0) is 18.2 Å². The molecule has 1 aliphatic heterocycles. The lowest BCUT2D eigenvalue weighted by atomic mass is 10.1. The number of nitrogens with one attached hydrogen (secondary N) is 1. The molecule has 2 heterocycles. The van der Waals surface area contributed by atoms with Gasteiger partial charge in [-0.15, -0.1) is 0 Å². The minimum absolute atomic E-state index is 0.0725. The van der Waals surface area contributed by atoms with Gasteiger partial charge in [0.25, 0.3) is 0 Å². The third-order valence-corrected chi connectivity index (χ3v) is 4.43. The highest BCUT2D eigenvalue weighted by atomic mass is 19.4. The van der Waals surface area contributed by atoms with Crippen LogP contribution in [0.4, 0.5) is 18.9 Å². The SMILES string of the molecule is COc1cccc(N2C[C@H](C(=O)NCCn3ccc(C(F)(F)F)n3)CC2=O)c1. The third kappa shape index (κ3) is 4.44. The summed E-state index contributed by atoms with van der Waals surface area (Å²) < 4.78 is 43.8. The van der Waals surface area contributed by atoms with E-state index in [0.717, 1.165) is 10.7 Å². The minimum atomic E-state index is -4.50. The highest BCUT2D eigenvalue weighted by Gasteiger charge is 2.35. The lowest BCUT2D eigenvalue weighted by molar-refractivity contribution is -0.141. The van der Waals surface area contributed by atoms with E-state index < -0.39 is 17.8 Å². The number of amides is 2. The fourth-order valence-electron chi connectivity index (χ4n) is 2.99. The molecule has 28 heavy (non-hydrogen) atoms. The first kappa shape index (κ1) is 19.7. The third-order valence-electron chi connectivity index (χ3n) is 4.43. The normalized spacial score (nSPS) is 17.1. The molecule has 1 saturated heterocycles. The van der Waals surface area contributed by atoms with Crippen molar-refractivity contribution in [3.63, 3.8) is 0 Å². The number of alkyl halides is 3. The van der Waals surface area contributed by atoms with Gasteiger partial charge in [0.2, 0.25) is 11.8 Å². The largest absolute Gasteiger partial charge is 0.497 e. The Morgan fingerprint density at radius 3 is 2.82 bits per heavy atom. The first-order valence-electron chi connectivity index (χ1n) is 8.60. The van der Waals surface area contributed by atoms with Crippen molar-refractivity contribution in [3.8, 4) is 5.75 Å². The number of benzene rings is 1. The average Bonchev–Trinajstić information content (AvgIpc) is 3.28. The summed E-state index contributed by atoms with van der Waals surface area (Å²) >= 11 is 0. The van der Waals surface area contributed by atoms with E-state index in [1.165, 1.54) is 18.2 Å². The van der Waals surface area contributed by atoms with Gasteiger partial charge in [-0.2, -0.15) is 18.3 Å². The molecule has 1 fully saturated rings. The lowest BCUT2D eigenvalue weighted by Gasteiger charge is -2.17. The van der Waals surface area contributed by atoms with Crippen LogP contribution < -0.4 is 15.0 Å². The monoisotopic (exact) mass is 396 g/mol. The lowest BCUT2D eigenvalue weighted by Crippen LogP contribution is -2.34. The van der Waals surface area contributed by atoms with Crippen LogP contribution in [0.15, 0.2) is 36.5 Å². The molecule has 1 atom stereocenters. The van der Waals surface area contributed by atoms with Gasteiger partial charge in [0.05, 0.1) is 19.6 Å². The highest BCUT2D eigenvalue weighted by molar-refractivity contribution is 6.00. The zero-order valence-corrected chi connectivity index (χ0v) is 15.1. The number of carbonyl (C=O) groups excluding carboxylic acids is 2. The van der Waals surface area contributed by atoms with Gasteiger partial charge in [0.1, 0.15) is 5.75 Å². The molecule has 2 amide bonds. The Kier molecular flexibility index (Phi) is 5.57. The van der Waals surface area contributed by atoms with E-state index in [0.29, 0.717) is 11.4 Å². The number of anilines is 1. The molecule has 0 aliphatic carbocycles. The van der Waals surface area contributed by atoms with Crippen LogP contribution in [0, 0.1) is 5.92 Å². The summed E-state index contributed by atoms with van der Waals surface area (Å²) in [4.78, 5) is 26.1. The van der Waals surface area contributed by atoms with E-state index in [9.17, 15) is 22.8 Å². The van der Waals surface area contributed by atoms with Crippen molar-refractivity contribution in [2.75, 3.05) is 25.1 Å². The van der Waals surface area contributed by atoms with Crippen molar-refractivity contribution in [1.82, 2.24) is 15.1 Å². The molecule has 0 spiro atoms. The van der Waals surface area contributed by atoms with Crippen molar-refractivity contribution < 1.29 is 27.5 Å². The summed E-state index contributed by atoms with van der Waals surface area (Å²) in [5.74, 6) is -0.407. The number of nitrogens with zero attached hydrogens (tertiary/aromatic N) is 3. The summed E-state index contributed by atoms with van der Waals surface area (Å²) in [5.41, 5.74) is -0.329. The first-order valence-corrected chi connectivity index (χ1v) is 8.60. The number of rotatable bonds is 6. The molecule has 2 aromatic rings. The molecule has 7 nitrogen and oxygen atoms in total. The Morgan fingerprint density at radius 1 is 1.36 bits per heavy atom. The van der Waals surface area contributed by atoms with Gasteiger partial charge in [-0.1, -0.05) is 6.07 Å². The average molecular weight is 396 g/mol. The Morgan fingerprint density at radius 2 is 2.14 bits per heavy atom. The molecular weight excluding hydrogens is 377 g/mol. The number of methoxy groups -OCH3 is 1. The van der Waals surface area contributed by atoms with Gasteiger partial charge in [0, 0.05) is 37.5 Å². The van der Waals surface area contributed by atoms with Crippen molar-refractivity contribution in [2.45, 2.75) is 19.1 Å². The van der Waals surface area contributed by atoms with E-state index in [4.69, 9.17) is 4.74 Å². The molecule has 0 radical (unpaired) electrons. The van der Waals surface area contributed by atoms with Crippen LogP contribution in [0.3, 0.4) is 0 Å². The fourth-order valence-corrected chi connectivity index (χ4v) is 2.99. The molecule has 1 N–H and O–H groups in total. The number of hydrogen-bond donors (Lipinski definition) is 1. The first-order chi connectivity index (χ1) is 13.3. The summed E-state index contributed by atoms with van der Waals surface area (Å²) in [6.07, 6.45) is -3.22. The molecule has 0 unspecified atom stereocenters. The number of hydrogen-bond acceptors (Lipinski definition) is 4. The predicted octanol–water partition coefficient (Wildman–Crippen LogP) is 2.08. The predicted molar refractivity (Wildman–Crippen MR) is 93.7 cm³/mol. The maximum absolute atomic E-state index is 12.5. The van der Waals surface area contributed by atoms with E-state index in [1.807, 2.05) is 0 Å². The van der Waals surface area contributed by atoms with Gasteiger partial charge in [0.15, 0.2) is 5.69 Å². The Labute approximate surface area is 159 Å². The van der Waals surface area contributed by atoms with Crippen molar-refractivity contribution in [2.24, 2.45) is 5.92 Å². The quantitative estimate of drug-likeness (QED) is 0.811. The molecule has 150 valence electrons. The second kappa shape index (κ2) is 7.91. The Bertz CT molecular complexity index is 866. The molecule has 1 aliphatic rings. The van der Waals surface area contributed by atoms with Gasteiger partial charge in [-0.3, -0.25) is 14.3 Å². The maximum Gasteiger partial charge on any atom is 0.435 e. The summed E-state index contributed by atoms with van der Waals surface area (Å²) in [7, 11) is 1.53. The second-order valence-electron chi connectivity index (χ2n) is 6.36. The van der Waals surface area contributed by atoms with Crippen molar-refractivity contribution >= 4 is 17.5 Å². The number of carbonyl (C=O) groups is 2. The zero-order valence-electron chi connectivity index (χ0n) is 15.1. The van der Waals surface area contributed by atoms with Crippen LogP contribution in [0.2, 0.25) is 0 Å². The van der Waals surface area contributed by atoms with Crippen molar-refractivity contribution in [3.05, 3.63) is 42.2 Å². The molecule has 10 heteroatoms. The summed E-state index contributed by atoms with van der Waals surface area (Å²) in [6, 6.07) is 7.87. The summed E-state index contributed by atoms with van der Waals surface area (Å²) in [5, 5.41) is 6.07. The van der Waals surface area contributed by atoms with E-state index >= 15 is 0 Å². The fraction of sp³-hybridized carbons (Fsp3) is 0.389. The van der Waals surface area contributed by atoms with E-state index in [2.05, 4.69) is 10.4 Å². The van der Waals surface area contributed by atoms with Crippen LogP contribution in [-0.2, 0) is 22.3 Å². The Balaban J connectivity index is 1.52. The van der Waals surface area contributed by atoms with Crippen LogP contribution in [0.25, 0.3) is 0 Å². The molecule has 3 rings (SSSR count). The molecule has 0 saturated carbocycles. The second-order valence-corrected chi connectivity index (χ2v) is 6.36. The van der Waals surface area contributed by atoms with Gasteiger partial charge < -0.3 is 15.0 Å². The van der Waals surface area contributed by atoms with Gasteiger partial charge >= 0.3 is 6.18 Å². The molecule has 0 bridgehead atoms. The maximum atomic E-state index is 12.5. The minimum Gasteiger partial charge on any atom is -0.497 e. The molecular formula is C18H19F3N4O3. The number of halogens is 3. The topological polar surface area (TPSA) is 76.5 Å². The number of ether oxygens (including phenoxy) is 1. The standard InChI is InChI=1S/C18H19F3N4O3/c1-28-14-4-2-3-13(10-14)25-11-12(9-16(25)26)17(27)22-6-8-24-7-5-15(23-24)18(19,20)21/h2-5,7,10,12H,6,8-9,11H2,1H3,(H,22,27)/t12-/m1/s1. The smallest absolute Gasteiger partial charge is 0.435 e. The van der Waals surface area contributed by atoms with Crippen LogP contribution >= 0.6 is 0 Å².